The summed E-state index contributed by atoms with van der Waals surface area (Å²) in [5, 5.41) is 14.3. The number of hydrogen-bond acceptors (Lipinski definition) is 2. The summed E-state index contributed by atoms with van der Waals surface area (Å²) < 4.78 is 1.72. The van der Waals surface area contributed by atoms with Crippen molar-refractivity contribution in [3.8, 4) is 0 Å². The Hall–Kier alpha value is -1.03. The minimum atomic E-state index is -0.955. The highest BCUT2D eigenvalue weighted by Crippen LogP contribution is 2.38. The highest BCUT2D eigenvalue weighted by Gasteiger charge is 2.30. The quantitative estimate of drug-likeness (QED) is 0.879. The van der Waals surface area contributed by atoms with Crippen LogP contribution >= 0.6 is 11.6 Å². The number of aromatic carboxylic acids is 1. The monoisotopic (exact) mass is 284 g/mol. The molecule has 0 saturated heterocycles. The van der Waals surface area contributed by atoms with E-state index < -0.39 is 5.97 Å². The van der Waals surface area contributed by atoms with Crippen LogP contribution in [0, 0.1) is 0 Å². The second kappa shape index (κ2) is 5.95. The van der Waals surface area contributed by atoms with Gasteiger partial charge in [0.05, 0.1) is 11.7 Å². The third kappa shape index (κ3) is 2.64. The lowest BCUT2D eigenvalue weighted by atomic mass is 10.0. The zero-order chi connectivity index (χ0) is 14.0. The molecule has 0 atom stereocenters. The van der Waals surface area contributed by atoms with Crippen LogP contribution in [0.15, 0.2) is 0 Å². The molecule has 0 spiro atoms. The number of carboxylic acid groups (broad SMARTS) is 1. The molecule has 106 valence electrons. The van der Waals surface area contributed by atoms with Gasteiger partial charge in [-0.15, -0.1) is 0 Å². The van der Waals surface area contributed by atoms with Crippen LogP contribution in [0.25, 0.3) is 0 Å². The SMILES string of the molecule is CCC(CC)n1nc(C2CCCC2)c(C(=O)O)c1Cl. The van der Waals surface area contributed by atoms with Gasteiger partial charge in [-0.2, -0.15) is 5.10 Å². The van der Waals surface area contributed by atoms with Crippen LogP contribution in [0.2, 0.25) is 5.15 Å². The molecule has 5 heteroatoms. The normalized spacial score (nSPS) is 16.4. The van der Waals surface area contributed by atoms with E-state index in [0.717, 1.165) is 38.5 Å². The van der Waals surface area contributed by atoms with E-state index in [0.29, 0.717) is 10.8 Å². The fourth-order valence-electron chi connectivity index (χ4n) is 2.99. The van der Waals surface area contributed by atoms with E-state index >= 15 is 0 Å². The van der Waals surface area contributed by atoms with Gasteiger partial charge in [0.2, 0.25) is 0 Å². The predicted molar refractivity (Wildman–Crippen MR) is 75.0 cm³/mol. The number of carboxylic acids is 1. The minimum absolute atomic E-state index is 0.181. The molecule has 0 aliphatic heterocycles. The topological polar surface area (TPSA) is 55.1 Å². The molecule has 0 unspecified atom stereocenters. The molecule has 0 amide bonds. The first kappa shape index (κ1) is 14.4. The maximum atomic E-state index is 11.5. The Morgan fingerprint density at radius 3 is 2.47 bits per heavy atom. The van der Waals surface area contributed by atoms with Gasteiger partial charge in [0.25, 0.3) is 0 Å². The molecule has 1 aromatic heterocycles. The highest BCUT2D eigenvalue weighted by molar-refractivity contribution is 6.32. The summed E-state index contributed by atoms with van der Waals surface area (Å²) in [6, 6.07) is 0.181. The lowest BCUT2D eigenvalue weighted by molar-refractivity contribution is 0.0695. The summed E-state index contributed by atoms with van der Waals surface area (Å²) in [5.74, 6) is -0.691. The summed E-state index contributed by atoms with van der Waals surface area (Å²) in [4.78, 5) is 11.5. The van der Waals surface area contributed by atoms with E-state index in [4.69, 9.17) is 11.6 Å². The number of hydrogen-bond donors (Lipinski definition) is 1. The lowest BCUT2D eigenvalue weighted by Crippen LogP contribution is -2.09. The molecule has 1 heterocycles. The van der Waals surface area contributed by atoms with E-state index in [2.05, 4.69) is 18.9 Å². The predicted octanol–water partition coefficient (Wildman–Crippen LogP) is 4.25. The Morgan fingerprint density at radius 2 is 2.00 bits per heavy atom. The van der Waals surface area contributed by atoms with Crippen molar-refractivity contribution in [2.75, 3.05) is 0 Å². The molecule has 0 aromatic carbocycles. The van der Waals surface area contributed by atoms with Crippen molar-refractivity contribution in [1.82, 2.24) is 9.78 Å². The lowest BCUT2D eigenvalue weighted by Gasteiger charge is -2.14. The Morgan fingerprint density at radius 1 is 1.42 bits per heavy atom. The number of halogens is 1. The first-order valence-electron chi connectivity index (χ1n) is 7.11. The number of nitrogens with zero attached hydrogens (tertiary/aromatic N) is 2. The smallest absolute Gasteiger partial charge is 0.340 e. The van der Waals surface area contributed by atoms with Crippen LogP contribution in [0.5, 0.6) is 0 Å². The molecule has 0 radical (unpaired) electrons. The van der Waals surface area contributed by atoms with Gasteiger partial charge in [0.1, 0.15) is 10.7 Å². The van der Waals surface area contributed by atoms with Crippen LogP contribution in [0.3, 0.4) is 0 Å². The summed E-state index contributed by atoms with van der Waals surface area (Å²) in [7, 11) is 0. The van der Waals surface area contributed by atoms with Gasteiger partial charge in [-0.05, 0) is 25.7 Å². The van der Waals surface area contributed by atoms with Crippen LogP contribution < -0.4 is 0 Å². The molecule has 1 N–H and O–H groups in total. The average Bonchev–Trinajstić information content (AvgIpc) is 2.99. The van der Waals surface area contributed by atoms with Crippen molar-refractivity contribution >= 4 is 17.6 Å². The van der Waals surface area contributed by atoms with Crippen molar-refractivity contribution in [2.24, 2.45) is 0 Å². The first-order chi connectivity index (χ1) is 9.10. The molecule has 0 bridgehead atoms. The van der Waals surface area contributed by atoms with Crippen LogP contribution in [-0.2, 0) is 0 Å². The maximum absolute atomic E-state index is 11.5. The number of carbonyl (C=O) groups is 1. The maximum Gasteiger partial charge on any atom is 0.340 e. The standard InChI is InChI=1S/C14H21ClN2O2/c1-3-10(4-2)17-13(15)11(14(18)19)12(16-17)9-7-5-6-8-9/h9-10H,3-8H2,1-2H3,(H,18,19). The second-order valence-electron chi connectivity index (χ2n) is 5.25. The third-order valence-corrected chi connectivity index (χ3v) is 4.49. The average molecular weight is 285 g/mol. The molecule has 19 heavy (non-hydrogen) atoms. The van der Waals surface area contributed by atoms with E-state index in [-0.39, 0.29) is 17.5 Å². The Bertz CT molecular complexity index is 460. The molecule has 1 saturated carbocycles. The van der Waals surface area contributed by atoms with E-state index in [1.807, 2.05) is 0 Å². The summed E-state index contributed by atoms with van der Waals surface area (Å²) >= 11 is 6.27. The molecule has 4 nitrogen and oxygen atoms in total. The van der Waals surface area contributed by atoms with Crippen molar-refractivity contribution in [2.45, 2.75) is 64.3 Å². The van der Waals surface area contributed by atoms with Gasteiger partial charge in [0.15, 0.2) is 0 Å². The first-order valence-corrected chi connectivity index (χ1v) is 7.49. The Kier molecular flexibility index (Phi) is 4.50. The van der Waals surface area contributed by atoms with Gasteiger partial charge in [-0.25, -0.2) is 9.48 Å². The van der Waals surface area contributed by atoms with Crippen molar-refractivity contribution in [3.05, 3.63) is 16.4 Å². The van der Waals surface area contributed by atoms with Crippen LogP contribution in [0.1, 0.15) is 80.4 Å². The molecule has 1 fully saturated rings. The van der Waals surface area contributed by atoms with E-state index in [1.54, 1.807) is 4.68 Å². The highest BCUT2D eigenvalue weighted by atomic mass is 35.5. The molecule has 1 aliphatic rings. The molecule has 2 rings (SSSR count). The molecular formula is C14H21ClN2O2. The number of aromatic nitrogens is 2. The van der Waals surface area contributed by atoms with Crippen LogP contribution in [0.4, 0.5) is 0 Å². The summed E-state index contributed by atoms with van der Waals surface area (Å²) in [6.07, 6.45) is 6.16. The Balaban J connectivity index is 2.46. The van der Waals surface area contributed by atoms with E-state index in [9.17, 15) is 9.90 Å². The zero-order valence-electron chi connectivity index (χ0n) is 11.5. The fraction of sp³-hybridized carbons (Fsp3) is 0.714. The van der Waals surface area contributed by atoms with Crippen molar-refractivity contribution in [3.63, 3.8) is 0 Å². The van der Waals surface area contributed by atoms with Gasteiger partial charge in [0, 0.05) is 5.92 Å². The van der Waals surface area contributed by atoms with Crippen molar-refractivity contribution < 1.29 is 9.90 Å². The summed E-state index contributed by atoms with van der Waals surface area (Å²) in [6.45, 7) is 4.14. The van der Waals surface area contributed by atoms with E-state index in [1.165, 1.54) is 0 Å². The zero-order valence-corrected chi connectivity index (χ0v) is 12.3. The number of rotatable bonds is 5. The Labute approximate surface area is 118 Å². The van der Waals surface area contributed by atoms with Crippen LogP contribution in [-0.4, -0.2) is 20.9 Å². The van der Waals surface area contributed by atoms with Crippen molar-refractivity contribution in [1.29, 1.82) is 0 Å². The van der Waals surface area contributed by atoms with Gasteiger partial charge in [-0.1, -0.05) is 38.3 Å². The van der Waals surface area contributed by atoms with Gasteiger partial charge in [-0.3, -0.25) is 0 Å². The third-order valence-electron chi connectivity index (χ3n) is 4.12. The fourth-order valence-corrected chi connectivity index (χ4v) is 3.34. The summed E-state index contributed by atoms with van der Waals surface area (Å²) in [5.41, 5.74) is 0.919. The van der Waals surface area contributed by atoms with Gasteiger partial charge < -0.3 is 5.11 Å². The molecule has 1 aromatic rings. The molecule has 1 aliphatic carbocycles. The van der Waals surface area contributed by atoms with Gasteiger partial charge >= 0.3 is 5.97 Å². The largest absolute Gasteiger partial charge is 0.478 e. The minimum Gasteiger partial charge on any atom is -0.478 e. The second-order valence-corrected chi connectivity index (χ2v) is 5.61. The molecular weight excluding hydrogens is 264 g/mol.